The summed E-state index contributed by atoms with van der Waals surface area (Å²) in [5.41, 5.74) is 1.31. The molecule has 2 heterocycles. The molecule has 19 heavy (non-hydrogen) atoms. The van der Waals surface area contributed by atoms with Crippen LogP contribution in [0.4, 0.5) is 0 Å². The molecule has 0 spiro atoms. The van der Waals surface area contributed by atoms with Crippen LogP contribution in [-0.2, 0) is 0 Å². The van der Waals surface area contributed by atoms with Gasteiger partial charge < -0.3 is 10.1 Å². The molecule has 0 aliphatic carbocycles. The molecule has 2 nitrogen and oxygen atoms in total. The lowest BCUT2D eigenvalue weighted by atomic mass is 9.92. The monoisotopic (exact) mass is 337 g/mol. The molecule has 3 rings (SSSR count). The summed E-state index contributed by atoms with van der Waals surface area (Å²) in [5, 5.41) is 5.74. The van der Waals surface area contributed by atoms with Crippen molar-refractivity contribution >= 4 is 27.3 Å². The average molecular weight is 338 g/mol. The van der Waals surface area contributed by atoms with Gasteiger partial charge >= 0.3 is 0 Å². The van der Waals surface area contributed by atoms with Crippen LogP contribution < -0.4 is 10.1 Å². The molecule has 0 fully saturated rings. The zero-order valence-corrected chi connectivity index (χ0v) is 13.1. The van der Waals surface area contributed by atoms with E-state index in [4.69, 9.17) is 4.74 Å². The number of hydrogen-bond donors (Lipinski definition) is 1. The third-order valence-corrected chi connectivity index (χ3v) is 5.44. The fourth-order valence-corrected chi connectivity index (χ4v) is 4.39. The first kappa shape index (κ1) is 13.2. The molecule has 1 N–H and O–H groups in total. The Morgan fingerprint density at radius 1 is 1.42 bits per heavy atom. The van der Waals surface area contributed by atoms with Gasteiger partial charge in [0, 0.05) is 20.8 Å². The van der Waals surface area contributed by atoms with Crippen molar-refractivity contribution in [2.24, 2.45) is 0 Å². The fraction of sp³-hybridized carbons (Fsp3) is 0.333. The Hall–Kier alpha value is -0.840. The lowest BCUT2D eigenvalue weighted by Gasteiger charge is -2.23. The number of fused-ring (bicyclic) bond motifs is 1. The van der Waals surface area contributed by atoms with Crippen LogP contribution in [0.5, 0.6) is 5.75 Å². The van der Waals surface area contributed by atoms with E-state index in [1.807, 2.05) is 6.07 Å². The van der Waals surface area contributed by atoms with E-state index in [2.05, 4.69) is 57.8 Å². The zero-order chi connectivity index (χ0) is 13.2. The van der Waals surface area contributed by atoms with Crippen LogP contribution in [0.2, 0.25) is 0 Å². The summed E-state index contributed by atoms with van der Waals surface area (Å²) in [6.45, 7) is 3.85. The van der Waals surface area contributed by atoms with Crippen molar-refractivity contribution < 1.29 is 4.74 Å². The van der Waals surface area contributed by atoms with Gasteiger partial charge in [-0.05, 0) is 40.0 Å². The van der Waals surface area contributed by atoms with Gasteiger partial charge in [0.1, 0.15) is 5.75 Å². The first-order chi connectivity index (χ1) is 9.31. The molecule has 1 aliphatic heterocycles. The molecule has 0 amide bonds. The van der Waals surface area contributed by atoms with E-state index in [1.165, 1.54) is 14.9 Å². The summed E-state index contributed by atoms with van der Waals surface area (Å²) >= 11 is 5.45. The lowest BCUT2D eigenvalue weighted by Crippen LogP contribution is -2.27. The Kier molecular flexibility index (Phi) is 3.91. The minimum absolute atomic E-state index is 0.308. The molecule has 2 unspecified atom stereocenters. The average Bonchev–Trinajstić information content (AvgIpc) is 3.03. The first-order valence-corrected chi connectivity index (χ1v) is 8.16. The van der Waals surface area contributed by atoms with Crippen molar-refractivity contribution in [1.82, 2.24) is 5.32 Å². The molecule has 1 aliphatic rings. The highest BCUT2D eigenvalue weighted by Gasteiger charge is 2.33. The SMILES string of the molecule is CCNC(c1sccc1Br)C1COc2ccccc21. The number of nitrogens with one attached hydrogen (secondary N) is 1. The fourth-order valence-electron chi connectivity index (χ4n) is 2.63. The minimum Gasteiger partial charge on any atom is -0.493 e. The molecule has 0 bridgehead atoms. The Morgan fingerprint density at radius 3 is 3.00 bits per heavy atom. The predicted molar refractivity (Wildman–Crippen MR) is 83.1 cm³/mol. The number of likely N-dealkylation sites (N-methyl/N-ethyl adjacent to an activating group) is 1. The number of halogens is 1. The second-order valence-electron chi connectivity index (χ2n) is 4.62. The van der Waals surface area contributed by atoms with Gasteiger partial charge in [0.25, 0.3) is 0 Å². The third kappa shape index (κ3) is 2.45. The molecular weight excluding hydrogens is 322 g/mol. The van der Waals surface area contributed by atoms with Gasteiger partial charge in [-0.15, -0.1) is 11.3 Å². The Balaban J connectivity index is 1.96. The van der Waals surface area contributed by atoms with Crippen LogP contribution in [-0.4, -0.2) is 13.2 Å². The molecule has 0 radical (unpaired) electrons. The van der Waals surface area contributed by atoms with Crippen LogP contribution in [0.3, 0.4) is 0 Å². The molecule has 4 heteroatoms. The topological polar surface area (TPSA) is 21.3 Å². The van der Waals surface area contributed by atoms with Crippen molar-refractivity contribution in [3.63, 3.8) is 0 Å². The van der Waals surface area contributed by atoms with E-state index in [0.717, 1.165) is 18.9 Å². The molecule has 1 aromatic carbocycles. The Bertz CT molecular complexity index is 569. The standard InChI is InChI=1S/C15H16BrNOS/c1-2-17-14(15-12(16)7-8-19-15)11-9-18-13-6-4-3-5-10(11)13/h3-8,11,14,17H,2,9H2,1H3. The van der Waals surface area contributed by atoms with E-state index in [0.29, 0.717) is 12.0 Å². The highest BCUT2D eigenvalue weighted by atomic mass is 79.9. The highest BCUT2D eigenvalue weighted by Crippen LogP contribution is 2.44. The molecular formula is C15H16BrNOS. The van der Waals surface area contributed by atoms with E-state index in [-0.39, 0.29) is 0 Å². The summed E-state index contributed by atoms with van der Waals surface area (Å²) in [6, 6.07) is 10.8. The molecule has 2 aromatic rings. The number of thiophene rings is 1. The Morgan fingerprint density at radius 2 is 2.26 bits per heavy atom. The smallest absolute Gasteiger partial charge is 0.122 e. The number of benzene rings is 1. The van der Waals surface area contributed by atoms with Crippen molar-refractivity contribution in [3.05, 3.63) is 50.6 Å². The van der Waals surface area contributed by atoms with Crippen LogP contribution in [0.25, 0.3) is 0 Å². The van der Waals surface area contributed by atoms with Crippen molar-refractivity contribution in [1.29, 1.82) is 0 Å². The van der Waals surface area contributed by atoms with Crippen molar-refractivity contribution in [2.45, 2.75) is 18.9 Å². The molecule has 0 saturated heterocycles. The van der Waals surface area contributed by atoms with E-state index >= 15 is 0 Å². The van der Waals surface area contributed by atoms with Crippen molar-refractivity contribution in [3.8, 4) is 5.75 Å². The second-order valence-corrected chi connectivity index (χ2v) is 6.43. The van der Waals surface area contributed by atoms with Crippen LogP contribution in [0, 0.1) is 0 Å². The molecule has 100 valence electrons. The summed E-state index contributed by atoms with van der Waals surface area (Å²) in [4.78, 5) is 1.35. The van der Waals surface area contributed by atoms with E-state index in [1.54, 1.807) is 11.3 Å². The lowest BCUT2D eigenvalue weighted by molar-refractivity contribution is 0.302. The maximum Gasteiger partial charge on any atom is 0.122 e. The van der Waals surface area contributed by atoms with Crippen LogP contribution in [0.15, 0.2) is 40.2 Å². The third-order valence-electron chi connectivity index (χ3n) is 3.49. The first-order valence-electron chi connectivity index (χ1n) is 6.49. The number of hydrogen-bond acceptors (Lipinski definition) is 3. The highest BCUT2D eigenvalue weighted by molar-refractivity contribution is 9.10. The summed E-state index contributed by atoms with van der Waals surface area (Å²) < 4.78 is 7.01. The summed E-state index contributed by atoms with van der Waals surface area (Å²) in [5.74, 6) is 1.41. The maximum absolute atomic E-state index is 5.83. The largest absolute Gasteiger partial charge is 0.493 e. The van der Waals surface area contributed by atoms with Crippen LogP contribution in [0.1, 0.15) is 29.3 Å². The van der Waals surface area contributed by atoms with E-state index in [9.17, 15) is 0 Å². The van der Waals surface area contributed by atoms with Gasteiger partial charge in [0.2, 0.25) is 0 Å². The maximum atomic E-state index is 5.83. The number of ether oxygens (including phenoxy) is 1. The quantitative estimate of drug-likeness (QED) is 0.896. The number of rotatable bonds is 4. The Labute approximate surface area is 125 Å². The molecule has 1 aromatic heterocycles. The zero-order valence-electron chi connectivity index (χ0n) is 10.7. The van der Waals surface area contributed by atoms with Gasteiger partial charge in [-0.25, -0.2) is 0 Å². The van der Waals surface area contributed by atoms with Gasteiger partial charge in [-0.1, -0.05) is 25.1 Å². The van der Waals surface area contributed by atoms with Crippen molar-refractivity contribution in [2.75, 3.05) is 13.2 Å². The van der Waals surface area contributed by atoms with Gasteiger partial charge in [0.05, 0.1) is 12.6 Å². The summed E-state index contributed by atoms with van der Waals surface area (Å²) in [7, 11) is 0. The van der Waals surface area contributed by atoms with Gasteiger partial charge in [0.15, 0.2) is 0 Å². The predicted octanol–water partition coefficient (Wildman–Crippen LogP) is 4.34. The van der Waals surface area contributed by atoms with Crippen LogP contribution >= 0.6 is 27.3 Å². The van der Waals surface area contributed by atoms with Gasteiger partial charge in [-0.2, -0.15) is 0 Å². The molecule has 0 saturated carbocycles. The number of para-hydroxylation sites is 1. The van der Waals surface area contributed by atoms with E-state index < -0.39 is 0 Å². The second kappa shape index (κ2) is 5.65. The minimum atomic E-state index is 0.308. The van der Waals surface area contributed by atoms with Gasteiger partial charge in [-0.3, -0.25) is 0 Å². The summed E-state index contributed by atoms with van der Waals surface area (Å²) in [6.07, 6.45) is 0. The molecule has 2 atom stereocenters. The normalized spacial score (nSPS) is 18.9.